The van der Waals surface area contributed by atoms with Crippen LogP contribution in [0.5, 0.6) is 0 Å². The first-order chi connectivity index (χ1) is 11.8. The largest absolute Gasteiger partial charge is 0.364 e. The van der Waals surface area contributed by atoms with Crippen LogP contribution in [-0.4, -0.2) is 46.1 Å². The fraction of sp³-hybridized carbons (Fsp3) is 0.471. The molecule has 2 fully saturated rings. The highest BCUT2D eigenvalue weighted by atomic mass is 32.1. The predicted octanol–water partition coefficient (Wildman–Crippen LogP) is 2.16. The van der Waals surface area contributed by atoms with Crippen LogP contribution in [0, 0.1) is 5.92 Å². The SMILES string of the molecule is O=C(Nc1cccnc1)[C@@H]1C[C@H]2CCN(Cc3nccs3)C[C@@H]2O1. The van der Waals surface area contributed by atoms with Crippen LogP contribution in [0.4, 0.5) is 5.69 Å². The minimum atomic E-state index is -0.361. The maximum atomic E-state index is 12.4. The van der Waals surface area contributed by atoms with Gasteiger partial charge in [-0.05, 0) is 37.4 Å². The van der Waals surface area contributed by atoms with Gasteiger partial charge in [0.15, 0.2) is 0 Å². The zero-order valence-corrected chi connectivity index (χ0v) is 14.1. The van der Waals surface area contributed by atoms with Crippen LogP contribution in [0.15, 0.2) is 36.1 Å². The molecule has 1 amide bonds. The van der Waals surface area contributed by atoms with Crippen molar-refractivity contribution in [3.63, 3.8) is 0 Å². The van der Waals surface area contributed by atoms with Crippen LogP contribution in [0.2, 0.25) is 0 Å². The average Bonchev–Trinajstić information content (AvgIpc) is 3.25. The maximum absolute atomic E-state index is 12.4. The monoisotopic (exact) mass is 344 g/mol. The molecule has 1 N–H and O–H groups in total. The number of hydrogen-bond acceptors (Lipinski definition) is 6. The number of ether oxygens (including phenoxy) is 1. The van der Waals surface area contributed by atoms with Crippen molar-refractivity contribution in [2.45, 2.75) is 31.6 Å². The van der Waals surface area contributed by atoms with Crippen LogP contribution in [0.3, 0.4) is 0 Å². The fourth-order valence-electron chi connectivity index (χ4n) is 3.49. The first-order valence-corrected chi connectivity index (χ1v) is 9.13. The van der Waals surface area contributed by atoms with Crippen molar-refractivity contribution in [2.75, 3.05) is 18.4 Å². The number of carbonyl (C=O) groups is 1. The molecule has 0 bridgehead atoms. The molecule has 0 aromatic carbocycles. The summed E-state index contributed by atoms with van der Waals surface area (Å²) in [5.74, 6) is 0.408. The third kappa shape index (κ3) is 3.48. The van der Waals surface area contributed by atoms with Crippen molar-refractivity contribution in [1.29, 1.82) is 0 Å². The van der Waals surface area contributed by atoms with Gasteiger partial charge < -0.3 is 10.1 Å². The van der Waals surface area contributed by atoms with Gasteiger partial charge in [-0.2, -0.15) is 0 Å². The lowest BCUT2D eigenvalue weighted by molar-refractivity contribution is -0.127. The van der Waals surface area contributed by atoms with E-state index in [4.69, 9.17) is 4.74 Å². The number of aromatic nitrogens is 2. The Kier molecular flexibility index (Phi) is 4.55. The van der Waals surface area contributed by atoms with Gasteiger partial charge in [-0.15, -0.1) is 11.3 Å². The number of rotatable bonds is 4. The van der Waals surface area contributed by atoms with E-state index in [1.807, 2.05) is 17.6 Å². The minimum absolute atomic E-state index is 0.0659. The second-order valence-electron chi connectivity index (χ2n) is 6.34. The quantitative estimate of drug-likeness (QED) is 0.920. The molecule has 4 heterocycles. The summed E-state index contributed by atoms with van der Waals surface area (Å²) in [6, 6.07) is 3.64. The molecule has 0 unspecified atom stereocenters. The number of fused-ring (bicyclic) bond motifs is 1. The van der Waals surface area contributed by atoms with Crippen LogP contribution in [0.25, 0.3) is 0 Å². The number of pyridine rings is 1. The summed E-state index contributed by atoms with van der Waals surface area (Å²) in [6.45, 7) is 2.79. The summed E-state index contributed by atoms with van der Waals surface area (Å²) >= 11 is 1.68. The van der Waals surface area contributed by atoms with E-state index in [2.05, 4.69) is 20.2 Å². The number of likely N-dealkylation sites (tertiary alicyclic amines) is 1. The Balaban J connectivity index is 1.33. The van der Waals surface area contributed by atoms with Gasteiger partial charge in [-0.25, -0.2) is 4.98 Å². The molecule has 2 aliphatic heterocycles. The van der Waals surface area contributed by atoms with Gasteiger partial charge in [0.2, 0.25) is 0 Å². The summed E-state index contributed by atoms with van der Waals surface area (Å²) < 4.78 is 6.06. The van der Waals surface area contributed by atoms with Gasteiger partial charge in [-0.1, -0.05) is 0 Å². The van der Waals surface area contributed by atoms with Crippen molar-refractivity contribution in [3.8, 4) is 0 Å². The van der Waals surface area contributed by atoms with Crippen LogP contribution >= 0.6 is 11.3 Å². The highest BCUT2D eigenvalue weighted by molar-refractivity contribution is 7.09. The molecule has 2 aliphatic rings. The Morgan fingerprint density at radius 2 is 2.42 bits per heavy atom. The number of piperidine rings is 1. The average molecular weight is 344 g/mol. The number of anilines is 1. The first-order valence-electron chi connectivity index (χ1n) is 8.25. The molecule has 2 aromatic rings. The van der Waals surface area contributed by atoms with Crippen molar-refractivity contribution in [1.82, 2.24) is 14.9 Å². The molecule has 126 valence electrons. The molecule has 0 spiro atoms. The van der Waals surface area contributed by atoms with Crippen molar-refractivity contribution < 1.29 is 9.53 Å². The minimum Gasteiger partial charge on any atom is -0.364 e. The van der Waals surface area contributed by atoms with E-state index in [1.54, 1.807) is 29.8 Å². The fourth-order valence-corrected chi connectivity index (χ4v) is 4.15. The number of nitrogens with zero attached hydrogens (tertiary/aromatic N) is 3. The molecule has 7 heteroatoms. The highest BCUT2D eigenvalue weighted by Gasteiger charge is 2.41. The number of carbonyl (C=O) groups excluding carboxylic acids is 1. The molecule has 0 saturated carbocycles. The molecular weight excluding hydrogens is 324 g/mol. The van der Waals surface area contributed by atoms with Gasteiger partial charge in [0.05, 0.1) is 24.5 Å². The summed E-state index contributed by atoms with van der Waals surface area (Å²) in [5, 5.41) is 6.04. The Hall–Kier alpha value is -1.83. The molecule has 6 nitrogen and oxygen atoms in total. The highest BCUT2D eigenvalue weighted by Crippen LogP contribution is 2.34. The van der Waals surface area contributed by atoms with E-state index in [0.717, 1.165) is 37.5 Å². The summed E-state index contributed by atoms with van der Waals surface area (Å²) in [7, 11) is 0. The van der Waals surface area contributed by atoms with Gasteiger partial charge in [0.1, 0.15) is 11.1 Å². The first kappa shape index (κ1) is 15.7. The van der Waals surface area contributed by atoms with Crippen molar-refractivity contribution >= 4 is 22.9 Å². The van der Waals surface area contributed by atoms with Gasteiger partial charge >= 0.3 is 0 Å². The van der Waals surface area contributed by atoms with Gasteiger partial charge in [0, 0.05) is 24.3 Å². The lowest BCUT2D eigenvalue weighted by atomic mass is 9.91. The lowest BCUT2D eigenvalue weighted by Crippen LogP contribution is -2.41. The molecule has 0 radical (unpaired) electrons. The van der Waals surface area contributed by atoms with E-state index in [-0.39, 0.29) is 18.1 Å². The third-order valence-corrected chi connectivity index (χ3v) is 5.46. The van der Waals surface area contributed by atoms with Crippen molar-refractivity contribution in [3.05, 3.63) is 41.1 Å². The number of amides is 1. The van der Waals surface area contributed by atoms with E-state index in [0.29, 0.717) is 11.6 Å². The summed E-state index contributed by atoms with van der Waals surface area (Å²) in [4.78, 5) is 23.2. The van der Waals surface area contributed by atoms with Crippen LogP contribution < -0.4 is 5.32 Å². The van der Waals surface area contributed by atoms with E-state index < -0.39 is 0 Å². The van der Waals surface area contributed by atoms with Crippen LogP contribution in [-0.2, 0) is 16.1 Å². The summed E-state index contributed by atoms with van der Waals surface area (Å²) in [6.07, 6.45) is 6.85. The molecule has 24 heavy (non-hydrogen) atoms. The van der Waals surface area contributed by atoms with Gasteiger partial charge in [0.25, 0.3) is 5.91 Å². The standard InChI is InChI=1S/C17H20N4O2S/c22-17(20-13-2-1-4-18-9-13)14-8-12-3-6-21(10-15(12)23-14)11-16-19-5-7-24-16/h1-2,4-5,7,9,12,14-15H,3,6,8,10-11H2,(H,20,22)/t12-,14+,15+/m1/s1. The smallest absolute Gasteiger partial charge is 0.253 e. The molecule has 4 rings (SSSR count). The topological polar surface area (TPSA) is 67.4 Å². The Morgan fingerprint density at radius 3 is 3.21 bits per heavy atom. The Bertz CT molecular complexity index is 679. The molecule has 2 aromatic heterocycles. The molecule has 2 saturated heterocycles. The van der Waals surface area contributed by atoms with Gasteiger partial charge in [-0.3, -0.25) is 14.7 Å². The second kappa shape index (κ2) is 6.96. The zero-order valence-electron chi connectivity index (χ0n) is 13.3. The zero-order chi connectivity index (χ0) is 16.4. The lowest BCUT2D eigenvalue weighted by Gasteiger charge is -2.33. The number of nitrogens with one attached hydrogen (secondary N) is 1. The van der Waals surface area contributed by atoms with Crippen LogP contribution in [0.1, 0.15) is 17.8 Å². The molecular formula is C17H20N4O2S. The predicted molar refractivity (Wildman–Crippen MR) is 91.6 cm³/mol. The number of hydrogen-bond donors (Lipinski definition) is 1. The maximum Gasteiger partial charge on any atom is 0.253 e. The Morgan fingerprint density at radius 1 is 1.46 bits per heavy atom. The normalized spacial score (nSPS) is 26.9. The van der Waals surface area contributed by atoms with E-state index in [9.17, 15) is 4.79 Å². The second-order valence-corrected chi connectivity index (χ2v) is 7.32. The van der Waals surface area contributed by atoms with E-state index >= 15 is 0 Å². The van der Waals surface area contributed by atoms with E-state index in [1.165, 1.54) is 0 Å². The Labute approximate surface area is 144 Å². The third-order valence-electron chi connectivity index (χ3n) is 4.70. The summed E-state index contributed by atoms with van der Waals surface area (Å²) in [5.41, 5.74) is 0.714. The molecule has 0 aliphatic carbocycles. The number of thiazole rings is 1. The molecule has 3 atom stereocenters. The van der Waals surface area contributed by atoms with Crippen molar-refractivity contribution in [2.24, 2.45) is 5.92 Å².